The molecule has 2 aliphatic rings. The molecule has 0 spiro atoms. The number of ether oxygens (including phenoxy) is 3. The van der Waals surface area contributed by atoms with E-state index in [1.54, 1.807) is 41.5 Å². The number of rotatable bonds is 4. The summed E-state index contributed by atoms with van der Waals surface area (Å²) in [7, 11) is -3.84. The topological polar surface area (TPSA) is 205 Å². The third kappa shape index (κ3) is 9.67. The summed E-state index contributed by atoms with van der Waals surface area (Å²) in [6.45, 7) is 9.15. The number of hydrogen-bond acceptors (Lipinski definition) is 13. The molecule has 0 fully saturated rings. The van der Waals surface area contributed by atoms with Gasteiger partial charge in [0.15, 0.2) is 0 Å². The number of sulfonamides is 1. The number of carbonyl (C=O) groups is 2. The molecular formula is C45H41CuN9O7S. The monoisotopic (exact) mass is 914 g/mol. The van der Waals surface area contributed by atoms with Crippen molar-refractivity contribution in [3.8, 4) is 45.6 Å². The molecule has 8 bridgehead atoms. The molecule has 0 unspecified atom stereocenters. The van der Waals surface area contributed by atoms with Crippen LogP contribution in [0.1, 0.15) is 41.5 Å². The van der Waals surface area contributed by atoms with Gasteiger partial charge >= 0.3 is 29.3 Å². The second-order valence-corrected chi connectivity index (χ2v) is 18.2. The summed E-state index contributed by atoms with van der Waals surface area (Å²) in [6.07, 6.45) is -1.10. The molecule has 2 aliphatic heterocycles. The van der Waals surface area contributed by atoms with Crippen LogP contribution in [0.4, 0.5) is 9.59 Å². The van der Waals surface area contributed by atoms with Crippen molar-refractivity contribution in [3.05, 3.63) is 97.1 Å². The zero-order valence-corrected chi connectivity index (χ0v) is 37.0. The second-order valence-electron chi connectivity index (χ2n) is 16.3. The maximum Gasteiger partial charge on any atom is 2.00 e. The van der Waals surface area contributed by atoms with Gasteiger partial charge in [-0.2, -0.15) is 0 Å². The number of hydrogen-bond donors (Lipinski definition) is 0. The van der Waals surface area contributed by atoms with Crippen molar-refractivity contribution < 1.29 is 49.3 Å². The van der Waals surface area contributed by atoms with Crippen LogP contribution in [0.5, 0.6) is 0 Å². The molecule has 16 nitrogen and oxygen atoms in total. The van der Waals surface area contributed by atoms with E-state index in [1.165, 1.54) is 0 Å². The summed E-state index contributed by atoms with van der Waals surface area (Å²) in [4.78, 5) is 62.5. The molecule has 0 saturated heterocycles. The van der Waals surface area contributed by atoms with Crippen LogP contribution in [-0.4, -0.2) is 85.5 Å². The largest absolute Gasteiger partial charge is 2.00 e. The molecule has 7 aromatic rings. The number of fused-ring (bicyclic) bond motifs is 20. The number of nitrogens with zero attached hydrogens (tertiary/aromatic N) is 9. The van der Waals surface area contributed by atoms with E-state index >= 15 is 0 Å². The molecule has 5 heterocycles. The van der Waals surface area contributed by atoms with Crippen LogP contribution in [0, 0.1) is 0 Å². The van der Waals surface area contributed by atoms with Crippen molar-refractivity contribution in [2.24, 2.45) is 0 Å². The molecule has 0 saturated carbocycles. The van der Waals surface area contributed by atoms with Gasteiger partial charge in [-0.05, 0) is 63.1 Å². The summed E-state index contributed by atoms with van der Waals surface area (Å²) in [5.74, 6) is 2.21. The van der Waals surface area contributed by atoms with E-state index in [-0.39, 0.29) is 30.2 Å². The van der Waals surface area contributed by atoms with Gasteiger partial charge in [0.05, 0.1) is 36.1 Å². The normalized spacial score (nSPS) is 12.0. The number of amides is 1. The second kappa shape index (κ2) is 17.2. The molecule has 9 rings (SSSR count). The minimum absolute atomic E-state index is 0. The van der Waals surface area contributed by atoms with E-state index in [9.17, 15) is 18.0 Å². The summed E-state index contributed by atoms with van der Waals surface area (Å²) < 4.78 is 38.4. The van der Waals surface area contributed by atoms with Crippen LogP contribution in [0.25, 0.3) is 89.7 Å². The zero-order valence-electron chi connectivity index (χ0n) is 35.2. The van der Waals surface area contributed by atoms with Crippen LogP contribution >= 0.6 is 0 Å². The van der Waals surface area contributed by atoms with Crippen molar-refractivity contribution in [2.75, 3.05) is 19.4 Å². The van der Waals surface area contributed by atoms with Gasteiger partial charge in [0.25, 0.3) is 0 Å². The Hall–Kier alpha value is -6.75. The Morgan fingerprint density at radius 3 is 1.16 bits per heavy atom. The summed E-state index contributed by atoms with van der Waals surface area (Å²) in [5.41, 5.74) is 4.22. The molecule has 0 aliphatic carbocycles. The number of benzene rings is 4. The summed E-state index contributed by atoms with van der Waals surface area (Å²) in [5, 5.41) is 3.57. The Morgan fingerprint density at radius 2 is 0.857 bits per heavy atom. The van der Waals surface area contributed by atoms with Gasteiger partial charge < -0.3 is 44.1 Å². The van der Waals surface area contributed by atoms with Crippen molar-refractivity contribution in [1.82, 2.24) is 44.2 Å². The first-order chi connectivity index (χ1) is 29.4. The quantitative estimate of drug-likeness (QED) is 0.120. The molecule has 1 radical (unpaired) electrons. The predicted octanol–water partition coefficient (Wildman–Crippen LogP) is 8.26. The van der Waals surface area contributed by atoms with Crippen molar-refractivity contribution in [1.29, 1.82) is 0 Å². The molecule has 4 aromatic carbocycles. The van der Waals surface area contributed by atoms with Gasteiger partial charge in [0.2, 0.25) is 10.0 Å². The first-order valence-electron chi connectivity index (χ1n) is 19.6. The smallest absolute Gasteiger partial charge is 0.443 e. The van der Waals surface area contributed by atoms with E-state index in [2.05, 4.69) is 0 Å². The molecule has 325 valence electrons. The zero-order chi connectivity index (χ0) is 44.0. The SMILES string of the molecule is CC(C)(C)OC(=O)OCCN(C(=O)OC(C)(C)C)S(C)(=O)=O.[Cu+2].c1ccc2c(c1)-c1nc-2nc2[n-]c(nc3nc(nc4[n-]c(n1)c1ccccc41)-c1ccccc1-3)c1ccccc21. The fourth-order valence-corrected chi connectivity index (χ4v) is 7.37. The maximum atomic E-state index is 11.9. The number of carbonyl (C=O) groups excluding carboxylic acids is 2. The predicted molar refractivity (Wildman–Crippen MR) is 234 cm³/mol. The first kappa shape index (κ1) is 44.3. The Balaban J connectivity index is 0.000000224. The van der Waals surface area contributed by atoms with Gasteiger partial charge in [-0.3, -0.25) is 0 Å². The van der Waals surface area contributed by atoms with Gasteiger partial charge in [-0.25, -0.2) is 32.3 Å². The standard InChI is InChI=1S/C32H16N8.C13H25NO7S.Cu/c1-2-10-18-17(9-1)25-33-26(18)38-28-21-13-5-6-14-22(21)30(35-28)40-32-24-16-8-7-15-23(24)31(36-32)39-29-20-12-4-3-11-19(20)27(34-29)37-25;1-12(2,3)20-10(15)14(22(7,17)18)8-9-19-11(16)21-13(4,5)6;/h1-16H;8-9H2,1-7H3;/q-2;;+2. The van der Waals surface area contributed by atoms with Crippen molar-refractivity contribution in [2.45, 2.75) is 52.7 Å². The fourth-order valence-electron chi connectivity index (χ4n) is 6.66. The van der Waals surface area contributed by atoms with Gasteiger partial charge in [0, 0.05) is 44.8 Å². The van der Waals surface area contributed by atoms with Crippen LogP contribution in [0.3, 0.4) is 0 Å². The molecule has 0 atom stereocenters. The van der Waals surface area contributed by atoms with E-state index in [4.69, 9.17) is 54.1 Å². The molecule has 1 amide bonds. The third-order valence-electron chi connectivity index (χ3n) is 9.23. The maximum absolute atomic E-state index is 11.9. The first-order valence-corrected chi connectivity index (χ1v) is 21.4. The van der Waals surface area contributed by atoms with Crippen LogP contribution in [0.15, 0.2) is 97.1 Å². The van der Waals surface area contributed by atoms with Gasteiger partial charge in [-0.1, -0.05) is 97.1 Å². The minimum atomic E-state index is -3.84. The average Bonchev–Trinajstić information content (AvgIpc) is 3.94. The Labute approximate surface area is 373 Å². The average molecular weight is 915 g/mol. The van der Waals surface area contributed by atoms with Crippen LogP contribution < -0.4 is 9.97 Å². The van der Waals surface area contributed by atoms with Crippen LogP contribution in [-0.2, 0) is 41.3 Å². The van der Waals surface area contributed by atoms with Crippen LogP contribution in [0.2, 0.25) is 0 Å². The minimum Gasteiger partial charge on any atom is -0.443 e. The summed E-state index contributed by atoms with van der Waals surface area (Å²) >= 11 is 0. The Bertz CT molecular complexity index is 2870. The fraction of sp³-hybridized carbons (Fsp3) is 0.244. The third-order valence-corrected chi connectivity index (χ3v) is 10.4. The van der Waals surface area contributed by atoms with E-state index in [1.807, 2.05) is 97.1 Å². The van der Waals surface area contributed by atoms with Gasteiger partial charge in [0.1, 0.15) is 17.8 Å². The number of aromatic nitrogens is 8. The van der Waals surface area contributed by atoms with Crippen molar-refractivity contribution >= 4 is 66.4 Å². The van der Waals surface area contributed by atoms with E-state index in [0.717, 1.165) is 50.1 Å². The summed E-state index contributed by atoms with van der Waals surface area (Å²) in [6, 6.07) is 31.8. The molecule has 18 heteroatoms. The van der Waals surface area contributed by atoms with Gasteiger partial charge in [-0.15, -0.1) is 0 Å². The van der Waals surface area contributed by atoms with E-state index in [0.29, 0.717) is 50.2 Å². The molecule has 0 N–H and O–H groups in total. The van der Waals surface area contributed by atoms with E-state index < -0.39 is 33.5 Å². The molecule has 63 heavy (non-hydrogen) atoms. The molecular weight excluding hydrogens is 874 g/mol. The Kier molecular flexibility index (Phi) is 12.1. The molecule has 3 aromatic heterocycles. The Morgan fingerprint density at radius 1 is 0.540 bits per heavy atom. The van der Waals surface area contributed by atoms with Crippen molar-refractivity contribution in [3.63, 3.8) is 0 Å².